The van der Waals surface area contributed by atoms with Crippen molar-refractivity contribution in [3.8, 4) is 0 Å². The summed E-state index contributed by atoms with van der Waals surface area (Å²) in [6.45, 7) is 7.42. The third-order valence-corrected chi connectivity index (χ3v) is 3.85. The molecule has 0 aromatic heterocycles. The maximum atomic E-state index is 11.9. The van der Waals surface area contributed by atoms with Crippen molar-refractivity contribution in [2.75, 3.05) is 19.8 Å². The summed E-state index contributed by atoms with van der Waals surface area (Å²) in [6, 6.07) is 0.442. The Balaban J connectivity index is 1.80. The van der Waals surface area contributed by atoms with Gasteiger partial charge in [0, 0.05) is 6.04 Å². The Hall–Kier alpha value is -0.650. The quantitative estimate of drug-likeness (QED) is 0.624. The van der Waals surface area contributed by atoms with Gasteiger partial charge in [0.05, 0.1) is 25.4 Å². The number of nitrogens with one attached hydrogen (secondary N) is 1. The van der Waals surface area contributed by atoms with Crippen LogP contribution in [0.1, 0.15) is 46.5 Å². The lowest BCUT2D eigenvalue weighted by Gasteiger charge is -2.32. The molecule has 2 rings (SSSR count). The summed E-state index contributed by atoms with van der Waals surface area (Å²) in [6.07, 6.45) is 4.39. The molecule has 0 saturated heterocycles. The molecule has 2 aliphatic rings. The van der Waals surface area contributed by atoms with Crippen LogP contribution in [-0.2, 0) is 14.3 Å². The van der Waals surface area contributed by atoms with Crippen molar-refractivity contribution in [2.45, 2.75) is 63.6 Å². The Kier molecular flexibility index (Phi) is 4.72. The van der Waals surface area contributed by atoms with Gasteiger partial charge in [-0.05, 0) is 52.4 Å². The van der Waals surface area contributed by atoms with Gasteiger partial charge in [-0.1, -0.05) is 0 Å². The highest BCUT2D eigenvalue weighted by molar-refractivity contribution is 5.86. The van der Waals surface area contributed by atoms with E-state index < -0.39 is 5.54 Å². The Labute approximate surface area is 121 Å². The number of rotatable bonds is 9. The van der Waals surface area contributed by atoms with E-state index >= 15 is 0 Å². The number of amides is 1. The zero-order chi connectivity index (χ0) is 14.8. The van der Waals surface area contributed by atoms with Crippen LogP contribution in [0.3, 0.4) is 0 Å². The number of hydrogen-bond acceptors (Lipinski definition) is 4. The molecule has 2 fully saturated rings. The van der Waals surface area contributed by atoms with Gasteiger partial charge >= 0.3 is 0 Å². The van der Waals surface area contributed by atoms with Crippen molar-refractivity contribution in [3.05, 3.63) is 0 Å². The van der Waals surface area contributed by atoms with Gasteiger partial charge < -0.3 is 15.2 Å². The zero-order valence-corrected chi connectivity index (χ0v) is 12.9. The zero-order valence-electron chi connectivity index (χ0n) is 12.9. The highest BCUT2D eigenvalue weighted by atomic mass is 16.5. The van der Waals surface area contributed by atoms with Crippen LogP contribution in [0.15, 0.2) is 0 Å². The van der Waals surface area contributed by atoms with E-state index in [2.05, 4.69) is 5.32 Å². The van der Waals surface area contributed by atoms with Crippen LogP contribution in [0.4, 0.5) is 0 Å². The summed E-state index contributed by atoms with van der Waals surface area (Å²) in [7, 11) is 0. The standard InChI is InChI=1S/C15H28N2O3/c1-14(2,3)20-9-8-19-10-15(13(16)18,11-4-5-11)17-12-6-7-12/h11-12,17H,4-10H2,1-3H3,(H2,16,18). The van der Waals surface area contributed by atoms with Crippen molar-refractivity contribution in [2.24, 2.45) is 11.7 Å². The minimum atomic E-state index is -0.664. The van der Waals surface area contributed by atoms with Gasteiger partial charge in [0.25, 0.3) is 0 Å². The summed E-state index contributed by atoms with van der Waals surface area (Å²) in [5.41, 5.74) is 4.84. The van der Waals surface area contributed by atoms with Crippen LogP contribution in [0.2, 0.25) is 0 Å². The van der Waals surface area contributed by atoms with Crippen molar-refractivity contribution < 1.29 is 14.3 Å². The lowest BCUT2D eigenvalue weighted by atomic mass is 9.93. The molecule has 5 heteroatoms. The van der Waals surface area contributed by atoms with Crippen LogP contribution >= 0.6 is 0 Å². The van der Waals surface area contributed by atoms with Gasteiger partial charge in [-0.25, -0.2) is 0 Å². The van der Waals surface area contributed by atoms with E-state index in [0.717, 1.165) is 25.7 Å². The van der Waals surface area contributed by atoms with Crippen LogP contribution in [0.25, 0.3) is 0 Å². The van der Waals surface area contributed by atoms with E-state index in [4.69, 9.17) is 15.2 Å². The first kappa shape index (κ1) is 15.7. The van der Waals surface area contributed by atoms with E-state index in [0.29, 0.717) is 31.8 Å². The van der Waals surface area contributed by atoms with Gasteiger partial charge in [-0.15, -0.1) is 0 Å². The molecule has 0 aromatic carbocycles. The predicted octanol–water partition coefficient (Wildman–Crippen LogP) is 1.20. The normalized spacial score (nSPS) is 22.6. The van der Waals surface area contributed by atoms with E-state index in [-0.39, 0.29) is 11.5 Å². The molecule has 1 atom stereocenters. The second-order valence-corrected chi connectivity index (χ2v) is 7.04. The minimum absolute atomic E-state index is 0.160. The van der Waals surface area contributed by atoms with Crippen LogP contribution < -0.4 is 11.1 Å². The topological polar surface area (TPSA) is 73.6 Å². The molecule has 20 heavy (non-hydrogen) atoms. The SMILES string of the molecule is CC(C)(C)OCCOCC(NC1CC1)(C(N)=O)C1CC1. The minimum Gasteiger partial charge on any atom is -0.377 e. The van der Waals surface area contributed by atoms with Gasteiger partial charge in [-0.2, -0.15) is 0 Å². The Morgan fingerprint density at radius 3 is 2.30 bits per heavy atom. The number of ether oxygens (including phenoxy) is 2. The summed E-state index contributed by atoms with van der Waals surface area (Å²) in [5, 5.41) is 3.43. The van der Waals surface area contributed by atoms with E-state index in [1.165, 1.54) is 0 Å². The fourth-order valence-corrected chi connectivity index (χ4v) is 2.43. The average Bonchev–Trinajstić information content (AvgIpc) is 3.18. The molecule has 5 nitrogen and oxygen atoms in total. The Bertz CT molecular complexity index is 346. The Morgan fingerprint density at radius 2 is 1.85 bits per heavy atom. The molecule has 0 heterocycles. The summed E-state index contributed by atoms with van der Waals surface area (Å²) in [5.74, 6) is 0.0628. The third-order valence-electron chi connectivity index (χ3n) is 3.85. The fourth-order valence-electron chi connectivity index (χ4n) is 2.43. The summed E-state index contributed by atoms with van der Waals surface area (Å²) >= 11 is 0. The predicted molar refractivity (Wildman–Crippen MR) is 77.3 cm³/mol. The second-order valence-electron chi connectivity index (χ2n) is 7.04. The van der Waals surface area contributed by atoms with E-state index in [1.807, 2.05) is 20.8 Å². The molecule has 0 radical (unpaired) electrons. The fraction of sp³-hybridized carbons (Fsp3) is 0.933. The number of primary amides is 1. The molecule has 2 saturated carbocycles. The van der Waals surface area contributed by atoms with Crippen LogP contribution in [-0.4, -0.2) is 42.9 Å². The highest BCUT2D eigenvalue weighted by Crippen LogP contribution is 2.41. The first-order chi connectivity index (χ1) is 9.33. The monoisotopic (exact) mass is 284 g/mol. The molecule has 0 aromatic rings. The maximum absolute atomic E-state index is 11.9. The molecular weight excluding hydrogens is 256 g/mol. The molecule has 1 unspecified atom stereocenters. The number of carbonyl (C=O) groups excluding carboxylic acids is 1. The van der Waals surface area contributed by atoms with Crippen LogP contribution in [0.5, 0.6) is 0 Å². The highest BCUT2D eigenvalue weighted by Gasteiger charge is 2.52. The molecule has 3 N–H and O–H groups in total. The van der Waals surface area contributed by atoms with Crippen molar-refractivity contribution in [1.82, 2.24) is 5.32 Å². The smallest absolute Gasteiger partial charge is 0.240 e. The van der Waals surface area contributed by atoms with E-state index in [1.54, 1.807) is 0 Å². The van der Waals surface area contributed by atoms with Crippen LogP contribution in [0, 0.1) is 5.92 Å². The first-order valence-corrected chi connectivity index (χ1v) is 7.63. The molecule has 2 aliphatic carbocycles. The molecule has 1 amide bonds. The Morgan fingerprint density at radius 1 is 1.20 bits per heavy atom. The molecule has 0 bridgehead atoms. The molecular formula is C15H28N2O3. The average molecular weight is 284 g/mol. The number of nitrogens with two attached hydrogens (primary N) is 1. The lowest BCUT2D eigenvalue weighted by Crippen LogP contribution is -2.61. The van der Waals surface area contributed by atoms with E-state index in [9.17, 15) is 4.79 Å². The lowest BCUT2D eigenvalue weighted by molar-refractivity contribution is -0.129. The maximum Gasteiger partial charge on any atom is 0.240 e. The second kappa shape index (κ2) is 6.00. The van der Waals surface area contributed by atoms with Crippen molar-refractivity contribution >= 4 is 5.91 Å². The van der Waals surface area contributed by atoms with Gasteiger partial charge in [0.2, 0.25) is 5.91 Å². The van der Waals surface area contributed by atoms with Gasteiger partial charge in [0.1, 0.15) is 5.54 Å². The third kappa shape index (κ3) is 4.43. The summed E-state index contributed by atoms with van der Waals surface area (Å²) in [4.78, 5) is 11.9. The summed E-state index contributed by atoms with van der Waals surface area (Å²) < 4.78 is 11.3. The largest absolute Gasteiger partial charge is 0.377 e. The van der Waals surface area contributed by atoms with Crippen molar-refractivity contribution in [3.63, 3.8) is 0 Å². The molecule has 116 valence electrons. The van der Waals surface area contributed by atoms with Gasteiger partial charge in [0.15, 0.2) is 0 Å². The molecule has 0 aliphatic heterocycles. The van der Waals surface area contributed by atoms with Gasteiger partial charge in [-0.3, -0.25) is 10.1 Å². The first-order valence-electron chi connectivity index (χ1n) is 7.63. The number of carbonyl (C=O) groups is 1. The van der Waals surface area contributed by atoms with Crippen molar-refractivity contribution in [1.29, 1.82) is 0 Å². The number of hydrogen-bond donors (Lipinski definition) is 2. The molecule has 0 spiro atoms.